The van der Waals surface area contributed by atoms with E-state index in [0.29, 0.717) is 0 Å². The van der Waals surface area contributed by atoms with E-state index in [4.69, 9.17) is 50.0 Å². The van der Waals surface area contributed by atoms with Gasteiger partial charge >= 0.3 is 0 Å². The van der Waals surface area contributed by atoms with Crippen molar-refractivity contribution in [2.75, 3.05) is 33.4 Å². The van der Waals surface area contributed by atoms with Crippen LogP contribution in [-0.4, -0.2) is 54.3 Å². The van der Waals surface area contributed by atoms with Crippen LogP contribution in [0.3, 0.4) is 0 Å². The zero-order valence-corrected chi connectivity index (χ0v) is 17.4. The number of benzene rings is 3. The van der Waals surface area contributed by atoms with Crippen LogP contribution in [0.2, 0.25) is 5.02 Å². The van der Waals surface area contributed by atoms with E-state index < -0.39 is 186 Å². The Balaban J connectivity index is 2.49. The molecule has 0 aromatic heterocycles. The Morgan fingerprint density at radius 3 is 2.09 bits per heavy atom. The van der Waals surface area contributed by atoms with Crippen LogP contribution in [0.5, 0.6) is 0 Å². The molecule has 1 aliphatic heterocycles. The molecule has 1 N–H and O–H groups in total. The van der Waals surface area contributed by atoms with Crippen molar-refractivity contribution < 1.29 is 53.8 Å². The van der Waals surface area contributed by atoms with Crippen LogP contribution in [0.1, 0.15) is 79.7 Å². The third-order valence-corrected chi connectivity index (χ3v) is 4.47. The molecule has 0 unspecified atom stereocenters. The maximum atomic E-state index is 15.5. The predicted octanol–water partition coefficient (Wildman–Crippen LogP) is 5.09. The SMILES string of the molecule is [2H]c1c([2H])c([2H])c(C(C(=O)N(C([2H])([2H])[2H])C([2H])([2H])[2H])(c2c([2H])c([2H])c([2H])c([2H])c2[2H])C([2H])([2H])C([2H])([2H])N2C([2H])([2H])C([2H])([2H])C(O)(c3c([2H])c([2H])c(Cl)c([2H])c3[2H])C([2H])([2H])C2([2H])[2H])c([2H])c1[2H]. The molecule has 3 aromatic carbocycles. The summed E-state index contributed by atoms with van der Waals surface area (Å²) >= 11 is 5.83. The standard InChI is InChI=1S/C29H33ClN2O2/c1-31(2)27(33)29(24-9-5-3-6-10-24,25-11-7-4-8-12-25)19-22-32-20-17-28(34,18-21-32)23-13-15-26(30)16-14-23/h3-16,34H,17-22H2,1-2H3/i1D3,2D3,3D,4D,5D,6D,7D,8D,9D,10D,11D,12D,13D,14D,15D,16D,17D2,18D2,19D2,20D2,21D2,22D2. The van der Waals surface area contributed by atoms with Gasteiger partial charge in [-0.15, -0.1) is 0 Å². The van der Waals surface area contributed by atoms with E-state index in [0.717, 1.165) is 0 Å². The molecule has 1 amide bonds. The quantitative estimate of drug-likeness (QED) is 0.483. The fraction of sp³-hybridized carbons (Fsp3) is 0.345. The topological polar surface area (TPSA) is 43.8 Å². The van der Waals surface area contributed by atoms with E-state index in [-0.39, 0.29) is 0 Å². The number of piperidine rings is 1. The number of likely N-dealkylation sites (tertiary alicyclic amines) is 1. The average molecular weight is 509 g/mol. The first-order valence-electron chi connectivity index (χ1n) is 25.0. The van der Waals surface area contributed by atoms with Crippen molar-refractivity contribution in [1.82, 2.24) is 9.80 Å². The molecule has 0 saturated carbocycles. The van der Waals surface area contributed by atoms with Crippen molar-refractivity contribution in [2.24, 2.45) is 0 Å². The highest BCUT2D eigenvalue weighted by Gasteiger charge is 2.43. The first-order valence-corrected chi connectivity index (χ1v) is 9.34. The molecule has 178 valence electrons. The van der Waals surface area contributed by atoms with Crippen LogP contribution in [0.15, 0.2) is 84.6 Å². The van der Waals surface area contributed by atoms with Gasteiger partial charge in [0, 0.05) is 56.6 Å². The summed E-state index contributed by atoms with van der Waals surface area (Å²) < 4.78 is 277. The maximum absolute atomic E-state index is 15.5. The lowest BCUT2D eigenvalue weighted by Gasteiger charge is -2.41. The molecule has 0 bridgehead atoms. The van der Waals surface area contributed by atoms with Crippen molar-refractivity contribution in [3.63, 3.8) is 0 Å². The van der Waals surface area contributed by atoms with Crippen LogP contribution in [-0.2, 0) is 15.8 Å². The molecule has 4 nitrogen and oxygen atoms in total. The minimum Gasteiger partial charge on any atom is -0.385 e. The molecule has 4 rings (SSSR count). The van der Waals surface area contributed by atoms with Gasteiger partial charge in [0.05, 0.1) is 24.8 Å². The van der Waals surface area contributed by atoms with Gasteiger partial charge in [0.15, 0.2) is 0 Å². The van der Waals surface area contributed by atoms with Gasteiger partial charge in [0.2, 0.25) is 5.91 Å². The number of hydrogen-bond acceptors (Lipinski definition) is 3. The summed E-state index contributed by atoms with van der Waals surface area (Å²) in [5, 5.41) is 11.2. The van der Waals surface area contributed by atoms with E-state index in [2.05, 4.69) is 0 Å². The van der Waals surface area contributed by atoms with Gasteiger partial charge in [-0.25, -0.2) is 0 Å². The monoisotopic (exact) mass is 508 g/mol. The lowest BCUT2D eigenvalue weighted by molar-refractivity contribution is -0.133. The van der Waals surface area contributed by atoms with E-state index in [1.807, 2.05) is 0 Å². The smallest absolute Gasteiger partial charge is 0.237 e. The number of amides is 1. The van der Waals surface area contributed by atoms with Gasteiger partial charge in [0.1, 0.15) is 5.41 Å². The van der Waals surface area contributed by atoms with Gasteiger partial charge in [-0.1, -0.05) is 84.1 Å². The van der Waals surface area contributed by atoms with Crippen molar-refractivity contribution in [3.05, 3.63) is 106 Å². The normalized spacial score (nSPS) is 37.4. The van der Waals surface area contributed by atoms with Crippen molar-refractivity contribution >= 4 is 17.5 Å². The molecule has 0 aliphatic carbocycles. The summed E-state index contributed by atoms with van der Waals surface area (Å²) in [5.74, 6) is -3.07. The molecular formula is C29H33ClN2O2. The third-order valence-electron chi connectivity index (χ3n) is 4.28. The van der Waals surface area contributed by atoms with Crippen LogP contribution < -0.4 is 0 Å². The Kier molecular flexibility index (Phi) is 1.99. The summed E-state index contributed by atoms with van der Waals surface area (Å²) in [6.07, 6.45) is -15.1. The molecule has 1 saturated heterocycles. The number of likely N-dealkylation sites (N-methyl/N-ethyl adjacent to an activating group) is 1. The van der Waals surface area contributed by atoms with Crippen LogP contribution >= 0.6 is 11.6 Å². The summed E-state index contributed by atoms with van der Waals surface area (Å²) in [7, 11) is 0. The van der Waals surface area contributed by atoms with Gasteiger partial charge in [0.25, 0.3) is 0 Å². The molecule has 3 aromatic rings. The molecular weight excluding hydrogens is 444 g/mol. The van der Waals surface area contributed by atoms with Crippen molar-refractivity contribution in [2.45, 2.75) is 30.1 Å². The molecule has 34 heavy (non-hydrogen) atoms. The third kappa shape index (κ3) is 4.90. The second kappa shape index (κ2) is 10.3. The van der Waals surface area contributed by atoms with Gasteiger partial charge in [-0.05, 0) is 54.4 Å². The second-order valence-electron chi connectivity index (χ2n) is 6.34. The van der Waals surface area contributed by atoms with Crippen molar-refractivity contribution in [1.29, 1.82) is 0 Å². The Morgan fingerprint density at radius 1 is 1.06 bits per heavy atom. The number of halogens is 1. The molecule has 0 spiro atoms. The van der Waals surface area contributed by atoms with Gasteiger partial charge in [-0.3, -0.25) is 4.79 Å². The van der Waals surface area contributed by atoms with E-state index in [1.54, 1.807) is 0 Å². The highest BCUT2D eigenvalue weighted by molar-refractivity contribution is 6.30. The summed E-state index contributed by atoms with van der Waals surface area (Å²) in [5.41, 5.74) is -15.9. The molecule has 0 atom stereocenters. The first-order chi connectivity index (χ1) is 29.2. The Morgan fingerprint density at radius 2 is 1.59 bits per heavy atom. The molecule has 5 heteroatoms. The Labute approximate surface area is 252 Å². The molecule has 0 radical (unpaired) electrons. The first kappa shape index (κ1) is 6.56. The summed E-state index contributed by atoms with van der Waals surface area (Å²) in [6, 6.07) is -23.0. The van der Waals surface area contributed by atoms with Crippen LogP contribution in [0.25, 0.3) is 0 Å². The minimum atomic E-state index is -5.42. The largest absolute Gasteiger partial charge is 0.385 e. The minimum absolute atomic E-state index is 1.03. The van der Waals surface area contributed by atoms with Gasteiger partial charge in [-0.2, -0.15) is 0 Å². The molecule has 1 fully saturated rings. The number of carbonyl (C=O) groups is 1. The number of hydrogen-bond donors (Lipinski definition) is 1. The number of nitrogens with zero attached hydrogens (tertiary/aromatic N) is 2. The highest BCUT2D eigenvalue weighted by atomic mass is 35.5. The fourth-order valence-corrected chi connectivity index (χ4v) is 2.79. The molecule has 1 aliphatic rings. The highest BCUT2D eigenvalue weighted by Crippen LogP contribution is 2.39. The van der Waals surface area contributed by atoms with E-state index in [9.17, 15) is 10.6 Å². The second-order valence-corrected chi connectivity index (χ2v) is 6.71. The van der Waals surface area contributed by atoms with Crippen molar-refractivity contribution in [3.8, 4) is 0 Å². The summed E-state index contributed by atoms with van der Waals surface area (Å²) in [6.45, 7) is -24.3. The zero-order chi connectivity index (χ0) is 52.1. The number of rotatable bonds is 7. The molecule has 1 heterocycles. The Hall–Kier alpha value is -2.66. The number of aliphatic hydroxyl groups is 1. The lowest BCUT2D eigenvalue weighted by Crippen LogP contribution is -2.48. The number of carbonyl (C=O) groups excluding carboxylic acids is 1. The zero-order valence-electron chi connectivity index (χ0n) is 48.6. The van der Waals surface area contributed by atoms with Crippen LogP contribution in [0, 0.1) is 0 Å². The average Bonchev–Trinajstić information content (AvgIpc) is 3.16. The van der Waals surface area contributed by atoms with Crippen LogP contribution in [0.4, 0.5) is 0 Å². The Bertz CT molecular complexity index is 2350. The predicted molar refractivity (Wildman–Crippen MR) is 138 cm³/mol. The fourth-order valence-electron chi connectivity index (χ4n) is 2.69. The van der Waals surface area contributed by atoms with Gasteiger partial charge < -0.3 is 14.9 Å². The van der Waals surface area contributed by atoms with E-state index in [1.165, 1.54) is 0 Å². The summed E-state index contributed by atoms with van der Waals surface area (Å²) in [4.78, 5) is 12.9. The lowest BCUT2D eigenvalue weighted by atomic mass is 9.70. The maximum Gasteiger partial charge on any atom is 0.237 e. The van der Waals surface area contributed by atoms with E-state index >= 15 is 4.79 Å².